The number of anilines is 1. The van der Waals surface area contributed by atoms with Crippen molar-refractivity contribution in [1.82, 2.24) is 4.90 Å². The van der Waals surface area contributed by atoms with Gasteiger partial charge in [-0.15, -0.1) is 0 Å². The van der Waals surface area contributed by atoms with Crippen LogP contribution in [0.4, 0.5) is 14.5 Å². The van der Waals surface area contributed by atoms with Crippen molar-refractivity contribution >= 4 is 21.6 Å². The summed E-state index contributed by atoms with van der Waals surface area (Å²) >= 11 is 0. The van der Waals surface area contributed by atoms with E-state index in [9.17, 15) is 22.0 Å². The van der Waals surface area contributed by atoms with Crippen LogP contribution in [0.3, 0.4) is 0 Å². The van der Waals surface area contributed by atoms with Crippen LogP contribution in [0, 0.1) is 11.6 Å². The molecule has 1 N–H and O–H groups in total. The molecule has 1 heterocycles. The molecule has 25 heavy (non-hydrogen) atoms. The highest BCUT2D eigenvalue weighted by molar-refractivity contribution is 7.92. The quantitative estimate of drug-likeness (QED) is 0.908. The molecule has 0 saturated heterocycles. The molecule has 0 aliphatic carbocycles. The van der Waals surface area contributed by atoms with Gasteiger partial charge in [0.15, 0.2) is 0 Å². The van der Waals surface area contributed by atoms with E-state index in [1.54, 1.807) is 11.0 Å². The number of nitrogens with one attached hydrogen (secondary N) is 1. The molecule has 0 aromatic heterocycles. The Kier molecular flexibility index (Phi) is 4.47. The Balaban J connectivity index is 1.90. The Morgan fingerprint density at radius 3 is 2.56 bits per heavy atom. The van der Waals surface area contributed by atoms with E-state index in [0.717, 1.165) is 23.3 Å². The highest BCUT2D eigenvalue weighted by Crippen LogP contribution is 2.25. The van der Waals surface area contributed by atoms with Gasteiger partial charge in [0.05, 0.1) is 10.6 Å². The molecule has 2 aromatic rings. The minimum absolute atomic E-state index is 0.0413. The summed E-state index contributed by atoms with van der Waals surface area (Å²) in [4.78, 5) is 13.1. The summed E-state index contributed by atoms with van der Waals surface area (Å²) in [5, 5.41) is 0. The summed E-state index contributed by atoms with van der Waals surface area (Å²) in [6.07, 6.45) is 0.648. The molecule has 132 valence electrons. The maximum Gasteiger partial charge on any atom is 0.261 e. The number of carbonyl (C=O) groups is 1. The minimum atomic E-state index is -4.04. The lowest BCUT2D eigenvalue weighted by atomic mass is 10.00. The molecule has 1 aliphatic heterocycles. The van der Waals surface area contributed by atoms with Gasteiger partial charge in [-0.25, -0.2) is 17.2 Å². The monoisotopic (exact) mass is 366 g/mol. The predicted octanol–water partition coefficient (Wildman–Crippen LogP) is 2.67. The first kappa shape index (κ1) is 17.3. The molecule has 0 bridgehead atoms. The molecule has 0 unspecified atom stereocenters. The minimum Gasteiger partial charge on any atom is -0.338 e. The van der Waals surface area contributed by atoms with Crippen molar-refractivity contribution in [3.05, 3.63) is 59.2 Å². The topological polar surface area (TPSA) is 66.5 Å². The standard InChI is InChI=1S/C17H16F2N2O3S/c1-11(22)21-7-6-12-2-4-15(8-13(12)10-21)25(23,24)20-17-5-3-14(18)9-16(17)19/h2-5,8-9,20H,6-7,10H2,1H3. The van der Waals surface area contributed by atoms with Gasteiger partial charge >= 0.3 is 0 Å². The molecule has 2 aromatic carbocycles. The lowest BCUT2D eigenvalue weighted by Gasteiger charge is -2.28. The third-order valence-electron chi connectivity index (χ3n) is 4.12. The fourth-order valence-electron chi connectivity index (χ4n) is 2.75. The number of rotatable bonds is 3. The number of hydrogen-bond acceptors (Lipinski definition) is 3. The Hall–Kier alpha value is -2.48. The second-order valence-electron chi connectivity index (χ2n) is 5.85. The zero-order chi connectivity index (χ0) is 18.2. The summed E-state index contributed by atoms with van der Waals surface area (Å²) < 4.78 is 53.7. The molecule has 0 spiro atoms. The van der Waals surface area contributed by atoms with Gasteiger partial charge in [-0.3, -0.25) is 9.52 Å². The maximum absolute atomic E-state index is 13.7. The number of nitrogens with zero attached hydrogens (tertiary/aromatic N) is 1. The van der Waals surface area contributed by atoms with Crippen LogP contribution in [-0.4, -0.2) is 25.8 Å². The third-order valence-corrected chi connectivity index (χ3v) is 5.48. The van der Waals surface area contributed by atoms with Crippen LogP contribution >= 0.6 is 0 Å². The van der Waals surface area contributed by atoms with Gasteiger partial charge in [-0.1, -0.05) is 6.07 Å². The van der Waals surface area contributed by atoms with Crippen molar-refractivity contribution in [2.45, 2.75) is 24.8 Å². The predicted molar refractivity (Wildman–Crippen MR) is 88.4 cm³/mol. The molecule has 0 atom stereocenters. The van der Waals surface area contributed by atoms with Crippen molar-refractivity contribution in [3.8, 4) is 0 Å². The molecule has 1 aliphatic rings. The van der Waals surface area contributed by atoms with Crippen molar-refractivity contribution in [2.75, 3.05) is 11.3 Å². The number of carbonyl (C=O) groups excluding carboxylic acids is 1. The molecule has 5 nitrogen and oxygen atoms in total. The second kappa shape index (κ2) is 6.44. The number of amides is 1. The lowest BCUT2D eigenvalue weighted by Crippen LogP contribution is -2.34. The number of halogens is 2. The van der Waals surface area contributed by atoms with Crippen LogP contribution in [0.1, 0.15) is 18.1 Å². The van der Waals surface area contributed by atoms with Gasteiger partial charge in [0, 0.05) is 26.1 Å². The average Bonchev–Trinajstić information content (AvgIpc) is 2.56. The van der Waals surface area contributed by atoms with Crippen LogP contribution in [0.5, 0.6) is 0 Å². The van der Waals surface area contributed by atoms with Gasteiger partial charge in [0.25, 0.3) is 10.0 Å². The Labute approximate surface area is 144 Å². The van der Waals surface area contributed by atoms with E-state index >= 15 is 0 Å². The molecule has 1 amide bonds. The van der Waals surface area contributed by atoms with Crippen LogP contribution in [0.15, 0.2) is 41.3 Å². The van der Waals surface area contributed by atoms with Crippen LogP contribution < -0.4 is 4.72 Å². The molecule has 0 radical (unpaired) electrons. The Morgan fingerprint density at radius 2 is 1.88 bits per heavy atom. The fraction of sp³-hybridized carbons (Fsp3) is 0.235. The van der Waals surface area contributed by atoms with Crippen LogP contribution in [-0.2, 0) is 27.8 Å². The van der Waals surface area contributed by atoms with Crippen molar-refractivity contribution in [3.63, 3.8) is 0 Å². The van der Waals surface area contributed by atoms with E-state index < -0.39 is 21.7 Å². The number of benzene rings is 2. The summed E-state index contributed by atoms with van der Waals surface area (Å²) in [7, 11) is -4.04. The summed E-state index contributed by atoms with van der Waals surface area (Å²) in [6.45, 7) is 2.39. The largest absolute Gasteiger partial charge is 0.338 e. The Bertz CT molecular complexity index is 945. The lowest BCUT2D eigenvalue weighted by molar-refractivity contribution is -0.129. The zero-order valence-electron chi connectivity index (χ0n) is 13.4. The van der Waals surface area contributed by atoms with Crippen LogP contribution in [0.25, 0.3) is 0 Å². The average molecular weight is 366 g/mol. The van der Waals surface area contributed by atoms with Gasteiger partial charge in [-0.2, -0.15) is 0 Å². The third kappa shape index (κ3) is 3.63. The van der Waals surface area contributed by atoms with Crippen molar-refractivity contribution in [1.29, 1.82) is 0 Å². The SMILES string of the molecule is CC(=O)N1CCc2ccc(S(=O)(=O)Nc3ccc(F)cc3F)cc2C1. The smallest absolute Gasteiger partial charge is 0.261 e. The first-order valence-electron chi connectivity index (χ1n) is 7.61. The zero-order valence-corrected chi connectivity index (χ0v) is 14.2. The highest BCUT2D eigenvalue weighted by Gasteiger charge is 2.22. The number of fused-ring (bicyclic) bond motifs is 1. The van der Waals surface area contributed by atoms with Gasteiger partial charge < -0.3 is 4.90 Å². The number of hydrogen-bond donors (Lipinski definition) is 1. The van der Waals surface area contributed by atoms with Gasteiger partial charge in [0.2, 0.25) is 5.91 Å². The Morgan fingerprint density at radius 1 is 1.12 bits per heavy atom. The van der Waals surface area contributed by atoms with E-state index in [1.165, 1.54) is 19.1 Å². The van der Waals surface area contributed by atoms with E-state index in [0.29, 0.717) is 25.6 Å². The summed E-state index contributed by atoms with van der Waals surface area (Å²) in [6, 6.07) is 7.22. The van der Waals surface area contributed by atoms with Crippen molar-refractivity contribution < 1.29 is 22.0 Å². The molecular weight excluding hydrogens is 350 g/mol. The van der Waals surface area contributed by atoms with Crippen LogP contribution in [0.2, 0.25) is 0 Å². The normalized spacial score (nSPS) is 14.1. The highest BCUT2D eigenvalue weighted by atomic mass is 32.2. The summed E-state index contributed by atoms with van der Waals surface area (Å²) in [5.74, 6) is -1.87. The van der Waals surface area contributed by atoms with Gasteiger partial charge in [0.1, 0.15) is 11.6 Å². The van der Waals surface area contributed by atoms with E-state index in [4.69, 9.17) is 0 Å². The first-order chi connectivity index (χ1) is 11.8. The van der Waals surface area contributed by atoms with Gasteiger partial charge in [-0.05, 0) is 41.8 Å². The molecule has 0 saturated carbocycles. The summed E-state index contributed by atoms with van der Waals surface area (Å²) in [5.41, 5.74) is 1.39. The first-order valence-corrected chi connectivity index (χ1v) is 9.10. The molecule has 3 rings (SSSR count). The second-order valence-corrected chi connectivity index (χ2v) is 7.53. The molecule has 0 fully saturated rings. The van der Waals surface area contributed by atoms with Crippen molar-refractivity contribution in [2.24, 2.45) is 0 Å². The maximum atomic E-state index is 13.7. The number of sulfonamides is 1. The molecule has 8 heteroatoms. The fourth-order valence-corrected chi connectivity index (χ4v) is 3.86. The van der Waals surface area contributed by atoms with E-state index in [-0.39, 0.29) is 16.5 Å². The van der Waals surface area contributed by atoms with E-state index in [1.807, 2.05) is 0 Å². The molecular formula is C17H16F2N2O3S. The van der Waals surface area contributed by atoms with E-state index in [2.05, 4.69) is 4.72 Å².